The molecule has 6 nitrogen and oxygen atoms in total. The van der Waals surface area contributed by atoms with Crippen molar-refractivity contribution in [3.05, 3.63) is 39.9 Å². The van der Waals surface area contributed by atoms with Crippen LogP contribution in [0.15, 0.2) is 23.1 Å². The van der Waals surface area contributed by atoms with Crippen molar-refractivity contribution in [2.45, 2.75) is 38.5 Å². The monoisotopic (exact) mass is 379 g/mol. The van der Waals surface area contributed by atoms with E-state index < -0.39 is 10.0 Å². The Morgan fingerprint density at radius 2 is 1.88 bits per heavy atom. The van der Waals surface area contributed by atoms with Crippen LogP contribution in [0.5, 0.6) is 0 Å². The fourth-order valence-corrected chi connectivity index (χ4v) is 5.13. The zero-order valence-corrected chi connectivity index (χ0v) is 16.1. The zero-order chi connectivity index (χ0) is 18.2. The number of sulfonamides is 1. The Morgan fingerprint density at radius 3 is 2.48 bits per heavy atom. The summed E-state index contributed by atoms with van der Waals surface area (Å²) in [4.78, 5) is 18.1. The molecule has 3 rings (SSSR count). The Morgan fingerprint density at radius 1 is 1.20 bits per heavy atom. The summed E-state index contributed by atoms with van der Waals surface area (Å²) in [6.07, 6.45) is 1.75. The third-order valence-corrected chi connectivity index (χ3v) is 7.29. The van der Waals surface area contributed by atoms with E-state index in [0.717, 1.165) is 29.0 Å². The van der Waals surface area contributed by atoms with E-state index in [-0.39, 0.29) is 10.8 Å². The summed E-state index contributed by atoms with van der Waals surface area (Å²) in [5.41, 5.74) is 1.95. The highest BCUT2D eigenvalue weighted by atomic mass is 32.2. The Bertz CT molecular complexity index is 894. The standard InChI is InChI=1S/C17H21N3O3S2/c1-11-6-7-14(25(22,23)20-8-4-5-9-20)10-15(11)16(21)19-17-18-12(2)13(3)24-17/h6-7,10H,4-5,8-9H2,1-3H3,(H,18,19,21). The van der Waals surface area contributed by atoms with E-state index in [1.165, 1.54) is 21.7 Å². The summed E-state index contributed by atoms with van der Waals surface area (Å²) in [7, 11) is -3.55. The average Bonchev–Trinajstić information content (AvgIpc) is 3.18. The van der Waals surface area contributed by atoms with Crippen molar-refractivity contribution >= 4 is 32.4 Å². The van der Waals surface area contributed by atoms with Crippen LogP contribution in [0.25, 0.3) is 0 Å². The van der Waals surface area contributed by atoms with Gasteiger partial charge in [0.2, 0.25) is 10.0 Å². The lowest BCUT2D eigenvalue weighted by Crippen LogP contribution is -2.28. The normalized spacial score (nSPS) is 15.5. The molecule has 0 spiro atoms. The molecule has 1 aliphatic heterocycles. The van der Waals surface area contributed by atoms with E-state index in [1.54, 1.807) is 19.1 Å². The minimum absolute atomic E-state index is 0.164. The fraction of sp³-hybridized carbons (Fsp3) is 0.412. The minimum Gasteiger partial charge on any atom is -0.298 e. The molecule has 1 saturated heterocycles. The van der Waals surface area contributed by atoms with Crippen LogP contribution in [0.2, 0.25) is 0 Å². The maximum Gasteiger partial charge on any atom is 0.257 e. The Kier molecular flexibility index (Phi) is 4.95. The molecule has 0 atom stereocenters. The van der Waals surface area contributed by atoms with Gasteiger partial charge >= 0.3 is 0 Å². The number of hydrogen-bond acceptors (Lipinski definition) is 5. The van der Waals surface area contributed by atoms with Crippen LogP contribution in [-0.2, 0) is 10.0 Å². The van der Waals surface area contributed by atoms with Gasteiger partial charge in [-0.2, -0.15) is 4.31 Å². The number of hydrogen-bond donors (Lipinski definition) is 1. The largest absolute Gasteiger partial charge is 0.298 e. The topological polar surface area (TPSA) is 79.4 Å². The Hall–Kier alpha value is -1.77. The lowest BCUT2D eigenvalue weighted by molar-refractivity contribution is 0.102. The highest BCUT2D eigenvalue weighted by Gasteiger charge is 2.28. The highest BCUT2D eigenvalue weighted by molar-refractivity contribution is 7.89. The Labute approximate surface area is 151 Å². The molecule has 1 aliphatic rings. The first kappa shape index (κ1) is 18.0. The molecule has 1 aromatic carbocycles. The smallest absolute Gasteiger partial charge is 0.257 e. The van der Waals surface area contributed by atoms with Crippen molar-refractivity contribution in [1.29, 1.82) is 0 Å². The third-order valence-electron chi connectivity index (χ3n) is 4.41. The van der Waals surface area contributed by atoms with Gasteiger partial charge in [-0.25, -0.2) is 13.4 Å². The van der Waals surface area contributed by atoms with Gasteiger partial charge in [0.15, 0.2) is 5.13 Å². The third kappa shape index (κ3) is 3.61. The first-order chi connectivity index (χ1) is 11.8. The molecule has 134 valence electrons. The number of nitrogens with one attached hydrogen (secondary N) is 1. The summed E-state index contributed by atoms with van der Waals surface area (Å²) < 4.78 is 26.9. The highest BCUT2D eigenvalue weighted by Crippen LogP contribution is 2.25. The molecule has 2 heterocycles. The molecule has 0 saturated carbocycles. The van der Waals surface area contributed by atoms with Crippen molar-refractivity contribution < 1.29 is 13.2 Å². The van der Waals surface area contributed by atoms with Gasteiger partial charge in [0.25, 0.3) is 5.91 Å². The number of aromatic nitrogens is 1. The number of aryl methyl sites for hydroxylation is 3. The average molecular weight is 380 g/mol. The minimum atomic E-state index is -3.55. The molecule has 1 N–H and O–H groups in total. The van der Waals surface area contributed by atoms with Crippen molar-refractivity contribution in [3.63, 3.8) is 0 Å². The summed E-state index contributed by atoms with van der Waals surface area (Å²) in [6.45, 7) is 6.69. The van der Waals surface area contributed by atoms with Crippen LogP contribution < -0.4 is 5.32 Å². The van der Waals surface area contributed by atoms with Crippen LogP contribution >= 0.6 is 11.3 Å². The van der Waals surface area contributed by atoms with Gasteiger partial charge in [0.1, 0.15) is 0 Å². The molecular formula is C17H21N3O3S2. The second-order valence-electron chi connectivity index (χ2n) is 6.20. The van der Waals surface area contributed by atoms with Gasteiger partial charge in [-0.3, -0.25) is 10.1 Å². The van der Waals surface area contributed by atoms with Gasteiger partial charge in [-0.05, 0) is 51.3 Å². The second kappa shape index (κ2) is 6.86. The number of carbonyl (C=O) groups excluding carboxylic acids is 1. The summed E-state index contributed by atoms with van der Waals surface area (Å²) in [5.74, 6) is -0.343. The molecule has 8 heteroatoms. The molecule has 0 unspecified atom stereocenters. The Balaban J connectivity index is 1.89. The molecule has 1 fully saturated rings. The van der Waals surface area contributed by atoms with Gasteiger partial charge in [-0.1, -0.05) is 6.07 Å². The van der Waals surface area contributed by atoms with Crippen molar-refractivity contribution in [3.8, 4) is 0 Å². The van der Waals surface area contributed by atoms with E-state index >= 15 is 0 Å². The lowest BCUT2D eigenvalue weighted by Gasteiger charge is -2.16. The van der Waals surface area contributed by atoms with Gasteiger partial charge in [0, 0.05) is 23.5 Å². The van der Waals surface area contributed by atoms with Crippen LogP contribution in [0.4, 0.5) is 5.13 Å². The quantitative estimate of drug-likeness (QED) is 0.885. The zero-order valence-electron chi connectivity index (χ0n) is 14.5. The second-order valence-corrected chi connectivity index (χ2v) is 9.34. The van der Waals surface area contributed by atoms with Gasteiger partial charge in [0.05, 0.1) is 10.6 Å². The lowest BCUT2D eigenvalue weighted by atomic mass is 10.1. The van der Waals surface area contributed by atoms with E-state index in [0.29, 0.717) is 23.8 Å². The van der Waals surface area contributed by atoms with Gasteiger partial charge in [-0.15, -0.1) is 11.3 Å². The van der Waals surface area contributed by atoms with E-state index in [2.05, 4.69) is 10.3 Å². The number of carbonyl (C=O) groups is 1. The number of anilines is 1. The number of amides is 1. The predicted octanol–water partition coefficient (Wildman–Crippen LogP) is 3.11. The molecule has 2 aromatic rings. The van der Waals surface area contributed by atoms with Gasteiger partial charge < -0.3 is 0 Å². The molecule has 1 aromatic heterocycles. The van der Waals surface area contributed by atoms with E-state index in [1.807, 2.05) is 13.8 Å². The first-order valence-electron chi connectivity index (χ1n) is 8.15. The molecular weight excluding hydrogens is 358 g/mol. The predicted molar refractivity (Wildman–Crippen MR) is 98.7 cm³/mol. The molecule has 0 bridgehead atoms. The number of benzene rings is 1. The van der Waals surface area contributed by atoms with Crippen molar-refractivity contribution in [1.82, 2.24) is 9.29 Å². The summed E-state index contributed by atoms with van der Waals surface area (Å²) >= 11 is 1.40. The fourth-order valence-electron chi connectivity index (χ4n) is 2.77. The van der Waals surface area contributed by atoms with Crippen LogP contribution in [0, 0.1) is 20.8 Å². The maximum absolute atomic E-state index is 12.7. The SMILES string of the molecule is Cc1ccc(S(=O)(=O)N2CCCC2)cc1C(=O)Nc1nc(C)c(C)s1. The molecule has 0 radical (unpaired) electrons. The summed E-state index contributed by atoms with van der Waals surface area (Å²) in [6, 6.07) is 4.71. The van der Waals surface area contributed by atoms with Crippen LogP contribution in [0.1, 0.15) is 39.3 Å². The summed E-state index contributed by atoms with van der Waals surface area (Å²) in [5, 5.41) is 3.29. The van der Waals surface area contributed by atoms with Crippen LogP contribution in [-0.4, -0.2) is 36.7 Å². The molecule has 0 aliphatic carbocycles. The number of nitrogens with zero attached hydrogens (tertiary/aromatic N) is 2. The van der Waals surface area contributed by atoms with Crippen molar-refractivity contribution in [2.75, 3.05) is 18.4 Å². The van der Waals surface area contributed by atoms with Crippen LogP contribution in [0.3, 0.4) is 0 Å². The number of thiazole rings is 1. The number of rotatable bonds is 4. The van der Waals surface area contributed by atoms with E-state index in [9.17, 15) is 13.2 Å². The molecule has 25 heavy (non-hydrogen) atoms. The van der Waals surface area contributed by atoms with E-state index in [4.69, 9.17) is 0 Å². The first-order valence-corrected chi connectivity index (χ1v) is 10.4. The van der Waals surface area contributed by atoms with Crippen molar-refractivity contribution in [2.24, 2.45) is 0 Å². The maximum atomic E-state index is 12.7. The molecule has 1 amide bonds.